The van der Waals surface area contributed by atoms with Crippen molar-refractivity contribution in [3.63, 3.8) is 0 Å². The van der Waals surface area contributed by atoms with Gasteiger partial charge in [0.2, 0.25) is 0 Å². The number of ether oxygens (including phenoxy) is 1. The highest BCUT2D eigenvalue weighted by Crippen LogP contribution is 2.36. The number of aliphatic hydroxyl groups excluding tert-OH is 1. The van der Waals surface area contributed by atoms with Crippen LogP contribution in [0.4, 0.5) is 5.82 Å². The molecule has 16 heavy (non-hydrogen) atoms. The third-order valence-electron chi connectivity index (χ3n) is 3.43. The average Bonchev–Trinajstić information content (AvgIpc) is 2.28. The van der Waals surface area contributed by atoms with E-state index >= 15 is 0 Å². The third-order valence-corrected chi connectivity index (χ3v) is 3.43. The Hall–Kier alpha value is -1.20. The predicted octanol–water partition coefficient (Wildman–Crippen LogP) is 0.207. The molecule has 1 unspecified atom stereocenters. The second-order valence-corrected chi connectivity index (χ2v) is 4.49. The van der Waals surface area contributed by atoms with Gasteiger partial charge in [-0.15, -0.1) is 0 Å². The number of aliphatic hydroxyl groups is 1. The van der Waals surface area contributed by atoms with Crippen molar-refractivity contribution in [1.82, 2.24) is 9.97 Å². The van der Waals surface area contributed by atoms with Crippen LogP contribution < -0.4 is 4.90 Å². The van der Waals surface area contributed by atoms with Crippen LogP contribution in [0.25, 0.3) is 0 Å². The van der Waals surface area contributed by atoms with Crippen LogP contribution in [0.3, 0.4) is 0 Å². The average molecular weight is 221 g/mol. The highest BCUT2D eigenvalue weighted by molar-refractivity contribution is 5.43. The van der Waals surface area contributed by atoms with Crippen molar-refractivity contribution >= 4 is 5.82 Å². The second-order valence-electron chi connectivity index (χ2n) is 4.49. The topological polar surface area (TPSA) is 58.5 Å². The Morgan fingerprint density at radius 3 is 3.06 bits per heavy atom. The fraction of sp³-hybridized carbons (Fsp3) is 0.636. The maximum atomic E-state index is 9.96. The molecule has 2 saturated heterocycles. The van der Waals surface area contributed by atoms with Gasteiger partial charge in [0.1, 0.15) is 17.7 Å². The summed E-state index contributed by atoms with van der Waals surface area (Å²) in [5.74, 6) is 0.905. The van der Waals surface area contributed by atoms with Gasteiger partial charge in [-0.3, -0.25) is 0 Å². The van der Waals surface area contributed by atoms with Gasteiger partial charge in [0.15, 0.2) is 0 Å². The van der Waals surface area contributed by atoms with Gasteiger partial charge in [-0.05, 0) is 18.9 Å². The molecule has 5 heteroatoms. The first-order valence-corrected chi connectivity index (χ1v) is 5.63. The zero-order valence-electron chi connectivity index (χ0n) is 9.04. The summed E-state index contributed by atoms with van der Waals surface area (Å²) in [6.45, 7) is 2.21. The minimum absolute atomic E-state index is 0.334. The van der Waals surface area contributed by atoms with Crippen LogP contribution in [0, 0.1) is 0 Å². The summed E-state index contributed by atoms with van der Waals surface area (Å²) in [5, 5.41) is 9.96. The molecule has 0 bridgehead atoms. The molecule has 0 amide bonds. The SMILES string of the molecule is OC1CCCOC12CN(c1ccncn1)C2. The predicted molar refractivity (Wildman–Crippen MR) is 58.2 cm³/mol. The molecule has 3 heterocycles. The number of hydrogen-bond donors (Lipinski definition) is 1. The molecule has 0 saturated carbocycles. The Morgan fingerprint density at radius 2 is 2.38 bits per heavy atom. The normalized spacial score (nSPS) is 27.8. The van der Waals surface area contributed by atoms with Gasteiger partial charge in [0, 0.05) is 12.8 Å². The molecule has 86 valence electrons. The maximum Gasteiger partial charge on any atom is 0.132 e. The molecular weight excluding hydrogens is 206 g/mol. The number of anilines is 1. The lowest BCUT2D eigenvalue weighted by atomic mass is 9.83. The van der Waals surface area contributed by atoms with Crippen LogP contribution >= 0.6 is 0 Å². The Kier molecular flexibility index (Phi) is 2.29. The summed E-state index contributed by atoms with van der Waals surface area (Å²) < 4.78 is 5.73. The van der Waals surface area contributed by atoms with E-state index < -0.39 is 0 Å². The highest BCUT2D eigenvalue weighted by atomic mass is 16.5. The first-order valence-electron chi connectivity index (χ1n) is 5.63. The molecule has 2 fully saturated rings. The molecule has 1 aromatic heterocycles. The molecule has 2 aliphatic rings. The summed E-state index contributed by atoms with van der Waals surface area (Å²) in [6, 6.07) is 1.88. The molecular formula is C11H15N3O2. The summed E-state index contributed by atoms with van der Waals surface area (Å²) in [5.41, 5.74) is -0.344. The van der Waals surface area contributed by atoms with E-state index in [9.17, 15) is 5.11 Å². The second kappa shape index (κ2) is 3.68. The van der Waals surface area contributed by atoms with Gasteiger partial charge < -0.3 is 14.7 Å². The van der Waals surface area contributed by atoms with Crippen LogP contribution in [-0.2, 0) is 4.74 Å². The van der Waals surface area contributed by atoms with E-state index in [0.29, 0.717) is 0 Å². The minimum atomic E-state index is -0.344. The van der Waals surface area contributed by atoms with Gasteiger partial charge in [-0.25, -0.2) is 9.97 Å². The summed E-state index contributed by atoms with van der Waals surface area (Å²) in [6.07, 6.45) is 4.73. The van der Waals surface area contributed by atoms with Crippen LogP contribution in [0.2, 0.25) is 0 Å². The standard InChI is InChI=1S/C11H15N3O2/c15-9-2-1-5-16-11(9)6-14(7-11)10-3-4-12-8-13-10/h3-4,8-9,15H,1-2,5-7H2. The molecule has 1 aromatic rings. The largest absolute Gasteiger partial charge is 0.390 e. The van der Waals surface area contributed by atoms with Crippen LogP contribution in [0.15, 0.2) is 18.6 Å². The maximum absolute atomic E-state index is 9.96. The highest BCUT2D eigenvalue weighted by Gasteiger charge is 2.51. The van der Waals surface area contributed by atoms with Gasteiger partial charge in [0.05, 0.1) is 19.2 Å². The number of rotatable bonds is 1. The summed E-state index contributed by atoms with van der Waals surface area (Å²) in [4.78, 5) is 10.2. The lowest BCUT2D eigenvalue weighted by Crippen LogP contribution is -2.70. The van der Waals surface area contributed by atoms with E-state index in [-0.39, 0.29) is 11.7 Å². The third kappa shape index (κ3) is 1.47. The van der Waals surface area contributed by atoms with Gasteiger partial charge in [-0.2, -0.15) is 0 Å². The van der Waals surface area contributed by atoms with Crippen molar-refractivity contribution in [2.24, 2.45) is 0 Å². The Morgan fingerprint density at radius 1 is 1.50 bits per heavy atom. The van der Waals surface area contributed by atoms with E-state index in [4.69, 9.17) is 4.74 Å². The fourth-order valence-corrected chi connectivity index (χ4v) is 2.45. The monoisotopic (exact) mass is 221 g/mol. The van der Waals surface area contributed by atoms with Crippen molar-refractivity contribution in [2.45, 2.75) is 24.5 Å². The van der Waals surface area contributed by atoms with Crippen molar-refractivity contribution < 1.29 is 9.84 Å². The first kappa shape index (κ1) is 9.99. The van der Waals surface area contributed by atoms with Crippen molar-refractivity contribution in [3.05, 3.63) is 18.6 Å². The molecule has 0 aliphatic carbocycles. The number of nitrogens with zero attached hydrogens (tertiary/aromatic N) is 3. The number of aromatic nitrogens is 2. The molecule has 1 atom stereocenters. The van der Waals surface area contributed by atoms with Gasteiger partial charge in [-0.1, -0.05) is 0 Å². The Bertz CT molecular complexity index is 365. The number of hydrogen-bond acceptors (Lipinski definition) is 5. The zero-order valence-corrected chi connectivity index (χ0v) is 9.04. The molecule has 0 aromatic carbocycles. The van der Waals surface area contributed by atoms with Gasteiger partial charge >= 0.3 is 0 Å². The quantitative estimate of drug-likeness (QED) is 0.734. The molecule has 3 rings (SSSR count). The zero-order chi connectivity index (χ0) is 11.0. The molecule has 0 radical (unpaired) electrons. The van der Waals surface area contributed by atoms with E-state index in [1.165, 1.54) is 0 Å². The van der Waals surface area contributed by atoms with Crippen LogP contribution in [0.1, 0.15) is 12.8 Å². The molecule has 1 N–H and O–H groups in total. The lowest BCUT2D eigenvalue weighted by molar-refractivity contribution is -0.166. The van der Waals surface area contributed by atoms with Crippen molar-refractivity contribution in [2.75, 3.05) is 24.6 Å². The molecule has 2 aliphatic heterocycles. The fourth-order valence-electron chi connectivity index (χ4n) is 2.45. The van der Waals surface area contributed by atoms with Gasteiger partial charge in [0.25, 0.3) is 0 Å². The van der Waals surface area contributed by atoms with E-state index in [0.717, 1.165) is 38.4 Å². The summed E-state index contributed by atoms with van der Waals surface area (Å²) in [7, 11) is 0. The lowest BCUT2D eigenvalue weighted by Gasteiger charge is -2.54. The summed E-state index contributed by atoms with van der Waals surface area (Å²) >= 11 is 0. The smallest absolute Gasteiger partial charge is 0.132 e. The van der Waals surface area contributed by atoms with E-state index in [1.54, 1.807) is 12.5 Å². The van der Waals surface area contributed by atoms with Crippen LogP contribution in [0.5, 0.6) is 0 Å². The van der Waals surface area contributed by atoms with E-state index in [2.05, 4.69) is 14.9 Å². The molecule has 1 spiro atoms. The van der Waals surface area contributed by atoms with Crippen molar-refractivity contribution in [3.8, 4) is 0 Å². The van der Waals surface area contributed by atoms with Crippen LogP contribution in [-0.4, -0.2) is 46.5 Å². The van der Waals surface area contributed by atoms with Crippen molar-refractivity contribution in [1.29, 1.82) is 0 Å². The Balaban J connectivity index is 1.69. The minimum Gasteiger partial charge on any atom is -0.390 e. The first-order chi connectivity index (χ1) is 7.80. The van der Waals surface area contributed by atoms with E-state index in [1.807, 2.05) is 6.07 Å². The Labute approximate surface area is 94.1 Å². The molecule has 5 nitrogen and oxygen atoms in total.